The van der Waals surface area contributed by atoms with Crippen molar-refractivity contribution in [3.05, 3.63) is 29.8 Å². The topological polar surface area (TPSA) is 65.4 Å². The fourth-order valence-corrected chi connectivity index (χ4v) is 2.62. The summed E-state index contributed by atoms with van der Waals surface area (Å²) in [5.41, 5.74) is 1.15. The van der Waals surface area contributed by atoms with E-state index in [4.69, 9.17) is 19.7 Å². The lowest BCUT2D eigenvalue weighted by molar-refractivity contribution is 0.0322. The average molecular weight is 324 g/mol. The molecule has 1 heterocycles. The highest BCUT2D eigenvalue weighted by molar-refractivity contribution is 5.27. The maximum Gasteiger partial charge on any atom is 0.119 e. The summed E-state index contributed by atoms with van der Waals surface area (Å²) >= 11 is 0. The van der Waals surface area contributed by atoms with E-state index in [9.17, 15) is 0 Å². The SMILES string of the molecule is OCCN(CCO)Cc1ccc(OCCN2CCOCC2)cc1. The summed E-state index contributed by atoms with van der Waals surface area (Å²) in [5.74, 6) is 0.873. The molecule has 0 aromatic heterocycles. The van der Waals surface area contributed by atoms with Crippen molar-refractivity contribution in [3.8, 4) is 5.75 Å². The molecule has 0 saturated carbocycles. The summed E-state index contributed by atoms with van der Waals surface area (Å²) in [5, 5.41) is 18.1. The first-order valence-corrected chi connectivity index (χ1v) is 8.27. The molecule has 1 aliphatic heterocycles. The smallest absolute Gasteiger partial charge is 0.119 e. The molecular weight excluding hydrogens is 296 g/mol. The highest BCUT2D eigenvalue weighted by atomic mass is 16.5. The monoisotopic (exact) mass is 324 g/mol. The highest BCUT2D eigenvalue weighted by Crippen LogP contribution is 2.14. The van der Waals surface area contributed by atoms with Gasteiger partial charge >= 0.3 is 0 Å². The minimum Gasteiger partial charge on any atom is -0.492 e. The van der Waals surface area contributed by atoms with Gasteiger partial charge in [0, 0.05) is 39.3 Å². The van der Waals surface area contributed by atoms with Crippen LogP contribution in [0, 0.1) is 0 Å². The fourth-order valence-electron chi connectivity index (χ4n) is 2.62. The van der Waals surface area contributed by atoms with Gasteiger partial charge in [-0.1, -0.05) is 12.1 Å². The Morgan fingerprint density at radius 2 is 1.70 bits per heavy atom. The number of ether oxygens (including phenoxy) is 2. The third kappa shape index (κ3) is 6.85. The minimum absolute atomic E-state index is 0.0999. The van der Waals surface area contributed by atoms with E-state index in [-0.39, 0.29) is 13.2 Å². The molecule has 0 spiro atoms. The van der Waals surface area contributed by atoms with Crippen LogP contribution in [0.5, 0.6) is 5.75 Å². The van der Waals surface area contributed by atoms with Gasteiger partial charge in [0.25, 0.3) is 0 Å². The van der Waals surface area contributed by atoms with Crippen molar-refractivity contribution in [2.24, 2.45) is 0 Å². The molecule has 2 rings (SSSR count). The van der Waals surface area contributed by atoms with Gasteiger partial charge in [0.05, 0.1) is 26.4 Å². The third-order valence-electron chi connectivity index (χ3n) is 3.94. The zero-order valence-electron chi connectivity index (χ0n) is 13.7. The first kappa shape index (κ1) is 18.2. The fraction of sp³-hybridized carbons (Fsp3) is 0.647. The number of rotatable bonds is 10. The highest BCUT2D eigenvalue weighted by Gasteiger charge is 2.10. The van der Waals surface area contributed by atoms with Crippen LogP contribution < -0.4 is 4.74 Å². The predicted molar refractivity (Wildman–Crippen MR) is 88.6 cm³/mol. The molecule has 1 fully saturated rings. The molecule has 6 heteroatoms. The lowest BCUT2D eigenvalue weighted by atomic mass is 10.2. The van der Waals surface area contributed by atoms with Gasteiger partial charge in [0.15, 0.2) is 0 Å². The van der Waals surface area contributed by atoms with Gasteiger partial charge < -0.3 is 19.7 Å². The van der Waals surface area contributed by atoms with Crippen LogP contribution in [-0.2, 0) is 11.3 Å². The molecule has 2 N–H and O–H groups in total. The Morgan fingerprint density at radius 3 is 2.30 bits per heavy atom. The molecule has 0 radical (unpaired) electrons. The van der Waals surface area contributed by atoms with E-state index in [2.05, 4.69) is 4.90 Å². The Balaban J connectivity index is 1.72. The molecule has 1 aromatic carbocycles. The second kappa shape index (κ2) is 10.6. The molecular formula is C17H28N2O4. The molecule has 1 aromatic rings. The van der Waals surface area contributed by atoms with E-state index in [1.807, 2.05) is 29.2 Å². The standard InChI is InChI=1S/C17H28N2O4/c20-10-5-19(6-11-21)15-16-1-3-17(4-2-16)23-14-9-18-7-12-22-13-8-18/h1-4,20-21H,5-15H2. The largest absolute Gasteiger partial charge is 0.492 e. The predicted octanol–water partition coefficient (Wildman–Crippen LogP) is 0.184. The van der Waals surface area contributed by atoms with Crippen LogP contribution in [0.25, 0.3) is 0 Å². The average Bonchev–Trinajstić information content (AvgIpc) is 2.58. The Bertz CT molecular complexity index is 415. The van der Waals surface area contributed by atoms with Gasteiger partial charge in [-0.3, -0.25) is 9.80 Å². The van der Waals surface area contributed by atoms with Crippen LogP contribution in [0.3, 0.4) is 0 Å². The molecule has 0 aliphatic carbocycles. The number of morpholine rings is 1. The normalized spacial score (nSPS) is 16.0. The van der Waals surface area contributed by atoms with Gasteiger partial charge in [-0.15, -0.1) is 0 Å². The van der Waals surface area contributed by atoms with Gasteiger partial charge in [-0.2, -0.15) is 0 Å². The zero-order chi connectivity index (χ0) is 16.3. The number of benzene rings is 1. The maximum absolute atomic E-state index is 9.03. The van der Waals surface area contributed by atoms with Crippen molar-refractivity contribution in [2.75, 3.05) is 65.8 Å². The summed E-state index contributed by atoms with van der Waals surface area (Å²) in [6.07, 6.45) is 0. The van der Waals surface area contributed by atoms with Crippen LogP contribution in [0.15, 0.2) is 24.3 Å². The van der Waals surface area contributed by atoms with E-state index in [1.165, 1.54) is 0 Å². The Labute approximate surface area is 138 Å². The second-order valence-corrected chi connectivity index (χ2v) is 5.67. The Morgan fingerprint density at radius 1 is 1.04 bits per heavy atom. The summed E-state index contributed by atoms with van der Waals surface area (Å²) in [6, 6.07) is 8.02. The second-order valence-electron chi connectivity index (χ2n) is 5.67. The number of hydrogen-bond donors (Lipinski definition) is 2. The van der Waals surface area contributed by atoms with Gasteiger partial charge in [0.1, 0.15) is 12.4 Å². The summed E-state index contributed by atoms with van der Waals surface area (Å²) in [6.45, 7) is 7.24. The Kier molecular flexibility index (Phi) is 8.35. The summed E-state index contributed by atoms with van der Waals surface area (Å²) < 4.78 is 11.1. The van der Waals surface area contributed by atoms with Crippen molar-refractivity contribution in [2.45, 2.75) is 6.54 Å². The molecule has 0 atom stereocenters. The van der Waals surface area contributed by atoms with Gasteiger partial charge in [0.2, 0.25) is 0 Å². The molecule has 130 valence electrons. The summed E-state index contributed by atoms with van der Waals surface area (Å²) in [7, 11) is 0. The van der Waals surface area contributed by atoms with Crippen molar-refractivity contribution in [1.29, 1.82) is 0 Å². The van der Waals surface area contributed by atoms with Crippen LogP contribution in [0.4, 0.5) is 0 Å². The van der Waals surface area contributed by atoms with Gasteiger partial charge in [-0.05, 0) is 17.7 Å². The van der Waals surface area contributed by atoms with Gasteiger partial charge in [-0.25, -0.2) is 0 Å². The molecule has 0 amide bonds. The lowest BCUT2D eigenvalue weighted by Crippen LogP contribution is -2.38. The molecule has 0 unspecified atom stereocenters. The number of nitrogens with zero attached hydrogens (tertiary/aromatic N) is 2. The molecule has 6 nitrogen and oxygen atoms in total. The molecule has 1 saturated heterocycles. The third-order valence-corrected chi connectivity index (χ3v) is 3.94. The lowest BCUT2D eigenvalue weighted by Gasteiger charge is -2.26. The van der Waals surface area contributed by atoms with Crippen molar-refractivity contribution in [3.63, 3.8) is 0 Å². The van der Waals surface area contributed by atoms with E-state index >= 15 is 0 Å². The maximum atomic E-state index is 9.03. The Hall–Kier alpha value is -1.18. The van der Waals surface area contributed by atoms with E-state index in [0.29, 0.717) is 19.7 Å². The van der Waals surface area contributed by atoms with Crippen molar-refractivity contribution in [1.82, 2.24) is 9.80 Å². The van der Waals surface area contributed by atoms with Crippen molar-refractivity contribution >= 4 is 0 Å². The molecule has 1 aliphatic rings. The van der Waals surface area contributed by atoms with Crippen LogP contribution >= 0.6 is 0 Å². The number of hydrogen-bond acceptors (Lipinski definition) is 6. The summed E-state index contributed by atoms with van der Waals surface area (Å²) in [4.78, 5) is 4.37. The van der Waals surface area contributed by atoms with Crippen LogP contribution in [0.2, 0.25) is 0 Å². The number of aliphatic hydroxyl groups excluding tert-OH is 2. The van der Waals surface area contributed by atoms with E-state index < -0.39 is 0 Å². The number of aliphatic hydroxyl groups is 2. The van der Waals surface area contributed by atoms with Crippen LogP contribution in [-0.4, -0.2) is 85.8 Å². The quantitative estimate of drug-likeness (QED) is 0.640. The zero-order valence-corrected chi connectivity index (χ0v) is 13.7. The van der Waals surface area contributed by atoms with Crippen molar-refractivity contribution < 1.29 is 19.7 Å². The minimum atomic E-state index is 0.0999. The molecule has 23 heavy (non-hydrogen) atoms. The van der Waals surface area contributed by atoms with Crippen LogP contribution in [0.1, 0.15) is 5.56 Å². The molecule has 0 bridgehead atoms. The van der Waals surface area contributed by atoms with E-state index in [0.717, 1.165) is 50.7 Å². The first-order valence-electron chi connectivity index (χ1n) is 8.27. The first-order chi connectivity index (χ1) is 11.3. The van der Waals surface area contributed by atoms with E-state index in [1.54, 1.807) is 0 Å².